The number of hydrogen-bond acceptors (Lipinski definition) is 3. The lowest BCUT2D eigenvalue weighted by Gasteiger charge is -2.13. The zero-order valence-corrected chi connectivity index (χ0v) is 12.6. The molecule has 2 aromatic rings. The summed E-state index contributed by atoms with van der Waals surface area (Å²) >= 11 is 0. The molecule has 1 heterocycles. The van der Waals surface area contributed by atoms with Crippen molar-refractivity contribution in [3.8, 4) is 0 Å². The number of rotatable bonds is 4. The molecule has 0 aromatic heterocycles. The molecule has 0 N–H and O–H groups in total. The van der Waals surface area contributed by atoms with Crippen LogP contribution in [0.2, 0.25) is 0 Å². The fourth-order valence-electron chi connectivity index (χ4n) is 2.45. The van der Waals surface area contributed by atoms with Gasteiger partial charge in [0.15, 0.2) is 5.71 Å². The van der Waals surface area contributed by atoms with Crippen molar-refractivity contribution in [1.29, 1.82) is 0 Å². The molecule has 1 aliphatic heterocycles. The van der Waals surface area contributed by atoms with Gasteiger partial charge in [0.05, 0.1) is 17.5 Å². The lowest BCUT2D eigenvalue weighted by molar-refractivity contribution is -0.112. The number of carbonyl (C=O) groups is 1. The van der Waals surface area contributed by atoms with E-state index in [0.29, 0.717) is 17.8 Å². The van der Waals surface area contributed by atoms with Gasteiger partial charge in [0, 0.05) is 12.1 Å². The first-order chi connectivity index (χ1) is 11.6. The second kappa shape index (κ2) is 6.54. The molecule has 0 atom stereocenters. The van der Waals surface area contributed by atoms with E-state index < -0.39 is 11.6 Å². The average molecular weight is 325 g/mol. The summed E-state index contributed by atoms with van der Waals surface area (Å²) in [6, 6.07) is 10.6. The van der Waals surface area contributed by atoms with Gasteiger partial charge >= 0.3 is 0 Å². The van der Waals surface area contributed by atoms with Gasteiger partial charge in [-0.1, -0.05) is 30.3 Å². The molecule has 0 bridgehead atoms. The van der Waals surface area contributed by atoms with Crippen molar-refractivity contribution in [3.05, 3.63) is 77.9 Å². The van der Waals surface area contributed by atoms with Gasteiger partial charge in [0.25, 0.3) is 5.91 Å². The maximum absolute atomic E-state index is 13.6. The fraction of sp³-hybridized carbons (Fsp3) is 0.0556. The fourth-order valence-corrected chi connectivity index (χ4v) is 2.45. The Kier molecular flexibility index (Phi) is 4.29. The van der Waals surface area contributed by atoms with Gasteiger partial charge in [-0.05, 0) is 18.2 Å². The van der Waals surface area contributed by atoms with Gasteiger partial charge in [-0.2, -0.15) is 5.10 Å². The summed E-state index contributed by atoms with van der Waals surface area (Å²) in [4.78, 5) is 14.0. The van der Waals surface area contributed by atoms with Crippen LogP contribution in [0.25, 0.3) is 0 Å². The number of fused-ring (bicyclic) bond motifs is 1. The van der Waals surface area contributed by atoms with Crippen LogP contribution < -0.4 is 4.90 Å². The quantitative estimate of drug-likeness (QED) is 0.483. The molecule has 0 radical (unpaired) electrons. The first-order valence-corrected chi connectivity index (χ1v) is 7.20. The van der Waals surface area contributed by atoms with Crippen molar-refractivity contribution in [3.63, 3.8) is 0 Å². The predicted molar refractivity (Wildman–Crippen MR) is 89.5 cm³/mol. The van der Waals surface area contributed by atoms with E-state index in [2.05, 4.69) is 16.8 Å². The molecule has 0 aliphatic carbocycles. The minimum absolute atomic E-state index is 0.125. The smallest absolute Gasteiger partial charge is 0.279 e. The van der Waals surface area contributed by atoms with Gasteiger partial charge in [-0.15, -0.1) is 11.7 Å². The highest BCUT2D eigenvalue weighted by atomic mass is 19.1. The highest BCUT2D eigenvalue weighted by Crippen LogP contribution is 2.29. The van der Waals surface area contributed by atoms with Crippen LogP contribution in [0, 0.1) is 11.6 Å². The Morgan fingerprint density at radius 1 is 1.08 bits per heavy atom. The Bertz CT molecular complexity index is 854. The molecule has 2 aromatic carbocycles. The Balaban J connectivity index is 1.97. The predicted octanol–water partition coefficient (Wildman–Crippen LogP) is 3.32. The van der Waals surface area contributed by atoms with E-state index in [0.717, 1.165) is 18.3 Å². The Hall–Kier alpha value is -3.15. The molecule has 0 spiro atoms. The van der Waals surface area contributed by atoms with E-state index in [9.17, 15) is 13.6 Å². The summed E-state index contributed by atoms with van der Waals surface area (Å²) in [5, 5.41) is 7.58. The number of hydrogen-bond donors (Lipinski definition) is 0. The Labute approximate surface area is 137 Å². The lowest BCUT2D eigenvalue weighted by Crippen LogP contribution is -2.30. The summed E-state index contributed by atoms with van der Waals surface area (Å²) in [6.07, 6.45) is 2.57. The van der Waals surface area contributed by atoms with Crippen molar-refractivity contribution in [2.24, 2.45) is 10.2 Å². The molecule has 3 rings (SSSR count). The maximum atomic E-state index is 13.6. The molecular formula is C18H13F2N3O. The van der Waals surface area contributed by atoms with Crippen LogP contribution in [0.5, 0.6) is 0 Å². The number of benzene rings is 2. The van der Waals surface area contributed by atoms with Crippen LogP contribution in [0.15, 0.2) is 65.3 Å². The summed E-state index contributed by atoms with van der Waals surface area (Å²) in [7, 11) is 0. The third-order valence-corrected chi connectivity index (χ3v) is 3.55. The van der Waals surface area contributed by atoms with Gasteiger partial charge in [-0.25, -0.2) is 8.78 Å². The topological polar surface area (TPSA) is 45.0 Å². The van der Waals surface area contributed by atoms with Gasteiger partial charge < -0.3 is 4.90 Å². The minimum atomic E-state index is -0.745. The van der Waals surface area contributed by atoms with Crippen molar-refractivity contribution in [1.82, 2.24) is 0 Å². The highest BCUT2D eigenvalue weighted by molar-refractivity contribution is 6.54. The van der Waals surface area contributed by atoms with Gasteiger partial charge in [-0.3, -0.25) is 4.79 Å². The lowest BCUT2D eigenvalue weighted by atomic mass is 10.1. The third kappa shape index (κ3) is 2.74. The van der Waals surface area contributed by atoms with Crippen molar-refractivity contribution in [2.75, 3.05) is 11.4 Å². The number of nitrogens with zero attached hydrogens (tertiary/aromatic N) is 3. The maximum Gasteiger partial charge on any atom is 0.279 e. The van der Waals surface area contributed by atoms with E-state index in [1.54, 1.807) is 24.3 Å². The van der Waals surface area contributed by atoms with E-state index in [4.69, 9.17) is 0 Å². The minimum Gasteiger partial charge on any atom is -0.302 e. The molecular weight excluding hydrogens is 312 g/mol. The van der Waals surface area contributed by atoms with Crippen LogP contribution >= 0.6 is 0 Å². The molecule has 24 heavy (non-hydrogen) atoms. The first-order valence-electron chi connectivity index (χ1n) is 7.20. The summed E-state index contributed by atoms with van der Waals surface area (Å²) in [5.74, 6) is -1.82. The summed E-state index contributed by atoms with van der Waals surface area (Å²) in [6.45, 7) is 3.96. The number of para-hydroxylation sites is 1. The Morgan fingerprint density at radius 3 is 2.50 bits per heavy atom. The van der Waals surface area contributed by atoms with Crippen molar-refractivity contribution >= 4 is 23.5 Å². The standard InChI is InChI=1S/C18H13F2N3O/c1-2-10-23-16-9-4-3-6-12(16)17(18(23)24)22-21-11-13-14(19)7-5-8-15(13)20/h2-9,11H,1,10H2/b21-11-,22-17-. The van der Waals surface area contributed by atoms with Crippen LogP contribution in [-0.4, -0.2) is 24.4 Å². The van der Waals surface area contributed by atoms with Gasteiger partial charge in [0.2, 0.25) is 0 Å². The largest absolute Gasteiger partial charge is 0.302 e. The molecule has 120 valence electrons. The molecule has 6 heteroatoms. The normalized spacial score (nSPS) is 15.3. The SMILES string of the molecule is C=CCN1C(=O)/C(=N\N=C/c2c(F)cccc2F)c2ccccc21. The highest BCUT2D eigenvalue weighted by Gasteiger charge is 2.32. The summed E-state index contributed by atoms with van der Waals surface area (Å²) < 4.78 is 27.1. The van der Waals surface area contributed by atoms with Crippen LogP contribution in [0.1, 0.15) is 11.1 Å². The molecule has 4 nitrogen and oxygen atoms in total. The van der Waals surface area contributed by atoms with Crippen molar-refractivity contribution < 1.29 is 13.6 Å². The second-order valence-corrected chi connectivity index (χ2v) is 5.05. The zero-order valence-electron chi connectivity index (χ0n) is 12.6. The number of anilines is 1. The summed E-state index contributed by atoms with van der Waals surface area (Å²) in [5.41, 5.74) is 1.15. The van der Waals surface area contributed by atoms with Crippen LogP contribution in [0.3, 0.4) is 0 Å². The zero-order chi connectivity index (χ0) is 17.1. The van der Waals surface area contributed by atoms with E-state index in [-0.39, 0.29) is 17.2 Å². The monoisotopic (exact) mass is 325 g/mol. The number of carbonyl (C=O) groups excluding carboxylic acids is 1. The second-order valence-electron chi connectivity index (χ2n) is 5.05. The van der Waals surface area contributed by atoms with Crippen LogP contribution in [-0.2, 0) is 4.79 Å². The van der Waals surface area contributed by atoms with E-state index >= 15 is 0 Å². The molecule has 0 saturated heterocycles. The van der Waals surface area contributed by atoms with E-state index in [1.807, 2.05) is 6.07 Å². The average Bonchev–Trinajstić information content (AvgIpc) is 2.83. The molecule has 0 unspecified atom stereocenters. The molecule has 0 saturated carbocycles. The first kappa shape index (κ1) is 15.7. The molecule has 0 fully saturated rings. The molecule has 1 amide bonds. The van der Waals surface area contributed by atoms with Crippen molar-refractivity contribution in [2.45, 2.75) is 0 Å². The number of halogens is 2. The Morgan fingerprint density at radius 2 is 1.79 bits per heavy atom. The van der Waals surface area contributed by atoms with E-state index in [1.165, 1.54) is 11.0 Å². The molecule has 1 aliphatic rings. The van der Waals surface area contributed by atoms with Crippen LogP contribution in [0.4, 0.5) is 14.5 Å². The third-order valence-electron chi connectivity index (χ3n) is 3.55. The number of amides is 1. The van der Waals surface area contributed by atoms with Gasteiger partial charge in [0.1, 0.15) is 11.6 Å².